The molecule has 1 aliphatic carbocycles. The van der Waals surface area contributed by atoms with Crippen LogP contribution in [0.1, 0.15) is 55.9 Å². The van der Waals surface area contributed by atoms with Crippen LogP contribution in [0.3, 0.4) is 0 Å². The third-order valence-electron chi connectivity index (χ3n) is 4.05. The van der Waals surface area contributed by atoms with Crippen LogP contribution in [0.2, 0.25) is 0 Å². The fourth-order valence-corrected chi connectivity index (χ4v) is 2.94. The predicted octanol–water partition coefficient (Wildman–Crippen LogP) is 2.79. The van der Waals surface area contributed by atoms with Crippen LogP contribution in [-0.4, -0.2) is 17.0 Å². The second kappa shape index (κ2) is 6.64. The second-order valence-electron chi connectivity index (χ2n) is 5.49. The van der Waals surface area contributed by atoms with Crippen molar-refractivity contribution < 1.29 is 4.79 Å². The smallest absolute Gasteiger partial charge is 0.267 e. The number of nitrogens with zero attached hydrogens (tertiary/aromatic N) is 1. The fraction of sp³-hybridized carbons (Fsp3) is 0.667. The molecule has 0 aliphatic heterocycles. The highest BCUT2D eigenvalue weighted by Gasteiger charge is 2.15. The van der Waals surface area contributed by atoms with E-state index >= 15 is 0 Å². The molecule has 0 saturated heterocycles. The lowest BCUT2D eigenvalue weighted by Gasteiger charge is -2.21. The van der Waals surface area contributed by atoms with E-state index in [0.29, 0.717) is 11.4 Å². The van der Waals surface area contributed by atoms with Crippen LogP contribution in [0.25, 0.3) is 0 Å². The molecular formula is C15H25N3O. The van der Waals surface area contributed by atoms with Gasteiger partial charge in [0.15, 0.2) is 0 Å². The molecule has 2 rings (SSSR count). The van der Waals surface area contributed by atoms with Gasteiger partial charge in [-0.2, -0.15) is 0 Å². The van der Waals surface area contributed by atoms with Crippen molar-refractivity contribution >= 4 is 11.6 Å². The Morgan fingerprint density at radius 3 is 2.84 bits per heavy atom. The molecule has 1 amide bonds. The van der Waals surface area contributed by atoms with E-state index in [0.717, 1.165) is 25.4 Å². The SMILES string of the molecule is CCn1cc(N)cc1C(=O)NCCC1CCCCC1. The van der Waals surface area contributed by atoms with E-state index in [1.54, 1.807) is 6.07 Å². The van der Waals surface area contributed by atoms with Crippen molar-refractivity contribution in [3.8, 4) is 0 Å². The Hall–Kier alpha value is -1.45. The van der Waals surface area contributed by atoms with E-state index < -0.39 is 0 Å². The minimum Gasteiger partial charge on any atom is -0.397 e. The zero-order valence-electron chi connectivity index (χ0n) is 11.8. The quantitative estimate of drug-likeness (QED) is 0.858. The van der Waals surface area contributed by atoms with Crippen molar-refractivity contribution in [2.45, 2.75) is 52.0 Å². The molecule has 4 nitrogen and oxygen atoms in total. The Kier molecular flexibility index (Phi) is 4.88. The molecule has 0 aromatic carbocycles. The van der Waals surface area contributed by atoms with Gasteiger partial charge in [-0.3, -0.25) is 4.79 Å². The summed E-state index contributed by atoms with van der Waals surface area (Å²) in [4.78, 5) is 12.1. The van der Waals surface area contributed by atoms with Gasteiger partial charge in [0.1, 0.15) is 5.69 Å². The molecule has 0 radical (unpaired) electrons. The lowest BCUT2D eigenvalue weighted by Crippen LogP contribution is -2.28. The Morgan fingerprint density at radius 2 is 2.16 bits per heavy atom. The zero-order valence-corrected chi connectivity index (χ0v) is 11.8. The van der Waals surface area contributed by atoms with Crippen molar-refractivity contribution in [3.05, 3.63) is 18.0 Å². The van der Waals surface area contributed by atoms with Crippen molar-refractivity contribution in [2.24, 2.45) is 5.92 Å². The first-order valence-electron chi connectivity index (χ1n) is 7.44. The van der Waals surface area contributed by atoms with Crippen molar-refractivity contribution in [3.63, 3.8) is 0 Å². The summed E-state index contributed by atoms with van der Waals surface area (Å²) in [5.41, 5.74) is 7.06. The fourth-order valence-electron chi connectivity index (χ4n) is 2.94. The summed E-state index contributed by atoms with van der Waals surface area (Å²) in [6, 6.07) is 1.75. The monoisotopic (exact) mass is 263 g/mol. The number of amides is 1. The van der Waals surface area contributed by atoms with Gasteiger partial charge < -0.3 is 15.6 Å². The number of anilines is 1. The summed E-state index contributed by atoms with van der Waals surface area (Å²) in [5, 5.41) is 3.02. The molecule has 0 atom stereocenters. The van der Waals surface area contributed by atoms with E-state index in [1.807, 2.05) is 17.7 Å². The maximum absolute atomic E-state index is 12.1. The normalized spacial score (nSPS) is 16.5. The lowest BCUT2D eigenvalue weighted by atomic mass is 9.87. The van der Waals surface area contributed by atoms with Crippen LogP contribution in [0.5, 0.6) is 0 Å². The van der Waals surface area contributed by atoms with Gasteiger partial charge in [0.25, 0.3) is 5.91 Å². The maximum Gasteiger partial charge on any atom is 0.267 e. The molecule has 4 heteroatoms. The minimum atomic E-state index is -0.00522. The number of hydrogen-bond donors (Lipinski definition) is 2. The van der Waals surface area contributed by atoms with Gasteiger partial charge in [0, 0.05) is 19.3 Å². The number of carbonyl (C=O) groups is 1. The van der Waals surface area contributed by atoms with Gasteiger partial charge in [0.05, 0.1) is 5.69 Å². The Labute approximate surface area is 115 Å². The van der Waals surface area contributed by atoms with E-state index in [1.165, 1.54) is 32.1 Å². The molecule has 0 spiro atoms. The van der Waals surface area contributed by atoms with Gasteiger partial charge in [-0.05, 0) is 25.3 Å². The molecule has 0 unspecified atom stereocenters. The topological polar surface area (TPSA) is 60.0 Å². The van der Waals surface area contributed by atoms with E-state index in [-0.39, 0.29) is 5.91 Å². The van der Waals surface area contributed by atoms with Gasteiger partial charge in [-0.25, -0.2) is 0 Å². The third kappa shape index (κ3) is 3.75. The molecule has 0 bridgehead atoms. The Balaban J connectivity index is 1.80. The summed E-state index contributed by atoms with van der Waals surface area (Å²) in [6.45, 7) is 3.55. The highest BCUT2D eigenvalue weighted by Crippen LogP contribution is 2.25. The first kappa shape index (κ1) is 14.0. The first-order valence-corrected chi connectivity index (χ1v) is 7.44. The Morgan fingerprint density at radius 1 is 1.42 bits per heavy atom. The van der Waals surface area contributed by atoms with Gasteiger partial charge in [-0.1, -0.05) is 32.1 Å². The van der Waals surface area contributed by atoms with E-state index in [2.05, 4.69) is 5.32 Å². The predicted molar refractivity (Wildman–Crippen MR) is 78.0 cm³/mol. The van der Waals surface area contributed by atoms with Gasteiger partial charge >= 0.3 is 0 Å². The summed E-state index contributed by atoms with van der Waals surface area (Å²) >= 11 is 0. The molecule has 1 heterocycles. The molecule has 1 aliphatic rings. The summed E-state index contributed by atoms with van der Waals surface area (Å²) in [7, 11) is 0. The average Bonchev–Trinajstić information content (AvgIpc) is 2.81. The number of aryl methyl sites for hydroxylation is 1. The molecular weight excluding hydrogens is 238 g/mol. The maximum atomic E-state index is 12.1. The van der Waals surface area contributed by atoms with Crippen LogP contribution in [0, 0.1) is 5.92 Å². The van der Waals surface area contributed by atoms with Crippen LogP contribution in [0.15, 0.2) is 12.3 Å². The first-order chi connectivity index (χ1) is 9.20. The van der Waals surface area contributed by atoms with Gasteiger partial charge in [-0.15, -0.1) is 0 Å². The minimum absolute atomic E-state index is 0.00522. The number of carbonyl (C=O) groups excluding carboxylic acids is 1. The molecule has 3 N–H and O–H groups in total. The average molecular weight is 263 g/mol. The molecule has 1 saturated carbocycles. The molecule has 19 heavy (non-hydrogen) atoms. The number of nitrogens with one attached hydrogen (secondary N) is 1. The number of nitrogen functional groups attached to an aromatic ring is 1. The molecule has 1 aromatic heterocycles. The summed E-state index contributed by atoms with van der Waals surface area (Å²) in [5.74, 6) is 0.798. The number of aromatic nitrogens is 1. The summed E-state index contributed by atoms with van der Waals surface area (Å²) < 4.78 is 1.89. The molecule has 106 valence electrons. The third-order valence-corrected chi connectivity index (χ3v) is 4.05. The van der Waals surface area contributed by atoms with Crippen LogP contribution < -0.4 is 11.1 Å². The summed E-state index contributed by atoms with van der Waals surface area (Å²) in [6.07, 6.45) is 9.67. The van der Waals surface area contributed by atoms with Crippen molar-refractivity contribution in [2.75, 3.05) is 12.3 Å². The van der Waals surface area contributed by atoms with Crippen LogP contribution >= 0.6 is 0 Å². The van der Waals surface area contributed by atoms with Crippen molar-refractivity contribution in [1.29, 1.82) is 0 Å². The van der Waals surface area contributed by atoms with E-state index in [4.69, 9.17) is 5.73 Å². The molecule has 1 aromatic rings. The second-order valence-corrected chi connectivity index (χ2v) is 5.49. The van der Waals surface area contributed by atoms with Crippen molar-refractivity contribution in [1.82, 2.24) is 9.88 Å². The van der Waals surface area contributed by atoms with Gasteiger partial charge in [0.2, 0.25) is 0 Å². The standard InChI is InChI=1S/C15H25N3O/c1-2-18-11-13(16)10-14(18)15(19)17-9-8-12-6-4-3-5-7-12/h10-12H,2-9,16H2,1H3,(H,17,19). The van der Waals surface area contributed by atoms with E-state index in [9.17, 15) is 4.79 Å². The van der Waals surface area contributed by atoms with Crippen LogP contribution in [-0.2, 0) is 6.54 Å². The Bertz CT molecular complexity index is 419. The number of nitrogens with two attached hydrogens (primary N) is 1. The number of rotatable bonds is 5. The molecule has 1 fully saturated rings. The highest BCUT2D eigenvalue weighted by atomic mass is 16.1. The number of hydrogen-bond acceptors (Lipinski definition) is 2. The zero-order chi connectivity index (χ0) is 13.7. The lowest BCUT2D eigenvalue weighted by molar-refractivity contribution is 0.0941. The largest absolute Gasteiger partial charge is 0.397 e. The van der Waals surface area contributed by atoms with Crippen LogP contribution in [0.4, 0.5) is 5.69 Å². The highest BCUT2D eigenvalue weighted by molar-refractivity contribution is 5.93.